The van der Waals surface area contributed by atoms with E-state index in [2.05, 4.69) is 32.1 Å². The summed E-state index contributed by atoms with van der Waals surface area (Å²) in [6.45, 7) is 4.46. The topological polar surface area (TPSA) is 23.8 Å². The van der Waals surface area contributed by atoms with E-state index < -0.39 is 0 Å². The van der Waals surface area contributed by atoms with Crippen molar-refractivity contribution in [3.63, 3.8) is 0 Å². The van der Waals surface area contributed by atoms with Gasteiger partial charge in [0.1, 0.15) is 0 Å². The predicted octanol–water partition coefficient (Wildman–Crippen LogP) is 6.65. The molecule has 2 aliphatic rings. The van der Waals surface area contributed by atoms with Crippen molar-refractivity contribution in [1.29, 1.82) is 5.26 Å². The number of nitrogens with zero attached hydrogens (tertiary/aromatic N) is 1. The van der Waals surface area contributed by atoms with Gasteiger partial charge in [-0.2, -0.15) is 5.26 Å². The maximum atomic E-state index is 9.58. The van der Waals surface area contributed by atoms with Gasteiger partial charge in [0.25, 0.3) is 0 Å². The van der Waals surface area contributed by atoms with Crippen LogP contribution in [0.5, 0.6) is 0 Å². The molecule has 0 unspecified atom stereocenters. The highest BCUT2D eigenvalue weighted by atomic mass is 14.4. The van der Waals surface area contributed by atoms with Gasteiger partial charge < -0.3 is 0 Å². The van der Waals surface area contributed by atoms with E-state index in [-0.39, 0.29) is 5.41 Å². The van der Waals surface area contributed by atoms with Crippen LogP contribution in [0, 0.1) is 34.5 Å². The van der Waals surface area contributed by atoms with Crippen molar-refractivity contribution >= 4 is 0 Å². The number of nitriles is 1. The van der Waals surface area contributed by atoms with Crippen LogP contribution in [0.25, 0.3) is 0 Å². The predicted molar refractivity (Wildman–Crippen MR) is 94.4 cm³/mol. The minimum absolute atomic E-state index is 0.134. The Balaban J connectivity index is 1.78. The fourth-order valence-corrected chi connectivity index (χ4v) is 4.73. The van der Waals surface area contributed by atoms with Crippen LogP contribution < -0.4 is 0 Å². The highest BCUT2D eigenvalue weighted by molar-refractivity contribution is 5.14. The quantitative estimate of drug-likeness (QED) is 0.504. The highest BCUT2D eigenvalue weighted by Gasteiger charge is 2.36. The molecule has 0 spiro atoms. The van der Waals surface area contributed by atoms with E-state index in [0.717, 1.165) is 37.0 Å². The van der Waals surface area contributed by atoms with Crippen molar-refractivity contribution in [3.8, 4) is 6.07 Å². The Morgan fingerprint density at radius 3 is 2.18 bits per heavy atom. The van der Waals surface area contributed by atoms with Crippen LogP contribution in [0.3, 0.4) is 0 Å². The molecule has 0 aliphatic heterocycles. The van der Waals surface area contributed by atoms with E-state index in [9.17, 15) is 5.26 Å². The third-order valence-corrected chi connectivity index (χ3v) is 6.34. The summed E-state index contributed by atoms with van der Waals surface area (Å²) < 4.78 is 0. The molecule has 2 rings (SSSR count). The summed E-state index contributed by atoms with van der Waals surface area (Å²) >= 11 is 0. The van der Waals surface area contributed by atoms with Crippen molar-refractivity contribution in [1.82, 2.24) is 0 Å². The zero-order valence-electron chi connectivity index (χ0n) is 14.8. The minimum atomic E-state index is -0.134. The van der Waals surface area contributed by atoms with Crippen molar-refractivity contribution in [2.45, 2.75) is 90.9 Å². The largest absolute Gasteiger partial charge is 0.197 e. The lowest BCUT2D eigenvalue weighted by molar-refractivity contribution is 0.136. The molecule has 0 aromatic rings. The van der Waals surface area contributed by atoms with Crippen LogP contribution in [0.15, 0.2) is 12.2 Å². The van der Waals surface area contributed by atoms with Gasteiger partial charge in [-0.15, -0.1) is 0 Å². The molecule has 0 aromatic carbocycles. The van der Waals surface area contributed by atoms with Crippen LogP contribution in [-0.4, -0.2) is 0 Å². The van der Waals surface area contributed by atoms with E-state index in [4.69, 9.17) is 0 Å². The number of unbranched alkanes of at least 4 members (excludes halogenated alkanes) is 1. The third-order valence-electron chi connectivity index (χ3n) is 6.34. The second-order valence-electron chi connectivity index (χ2n) is 7.84. The molecule has 2 fully saturated rings. The Morgan fingerprint density at radius 2 is 1.64 bits per heavy atom. The Labute approximate surface area is 138 Å². The number of rotatable bonds is 6. The van der Waals surface area contributed by atoms with Gasteiger partial charge in [0, 0.05) is 0 Å². The molecule has 0 amide bonds. The Hall–Kier alpha value is -0.770. The lowest BCUT2D eigenvalue weighted by Gasteiger charge is -2.39. The summed E-state index contributed by atoms with van der Waals surface area (Å²) in [5.41, 5.74) is -0.134. The van der Waals surface area contributed by atoms with Crippen molar-refractivity contribution < 1.29 is 0 Å². The molecule has 0 radical (unpaired) electrons. The third kappa shape index (κ3) is 4.61. The first kappa shape index (κ1) is 17.6. The molecular weight excluding hydrogens is 266 g/mol. The van der Waals surface area contributed by atoms with E-state index in [0.29, 0.717) is 0 Å². The summed E-state index contributed by atoms with van der Waals surface area (Å²) in [6.07, 6.45) is 20.3. The first-order chi connectivity index (χ1) is 10.7. The van der Waals surface area contributed by atoms with E-state index in [1.807, 2.05) is 0 Å². The van der Waals surface area contributed by atoms with Crippen molar-refractivity contribution in [2.24, 2.45) is 23.2 Å². The number of allylic oxidation sites excluding steroid dienone is 2. The van der Waals surface area contributed by atoms with Gasteiger partial charge in [-0.3, -0.25) is 0 Å². The number of hydrogen-bond acceptors (Lipinski definition) is 1. The van der Waals surface area contributed by atoms with Gasteiger partial charge in [0.05, 0.1) is 11.5 Å². The SMILES string of the molecule is CCC=CC1(C#N)CCC(C2CCC(CCCC)CC2)CC1. The maximum Gasteiger partial charge on any atom is 0.0753 e. The van der Waals surface area contributed by atoms with Crippen LogP contribution in [-0.2, 0) is 0 Å². The second-order valence-corrected chi connectivity index (χ2v) is 7.84. The lowest BCUT2D eigenvalue weighted by atomic mass is 9.64. The van der Waals surface area contributed by atoms with Crippen LogP contribution >= 0.6 is 0 Å². The molecule has 0 saturated heterocycles. The second kappa shape index (κ2) is 8.76. The summed E-state index contributed by atoms with van der Waals surface area (Å²) in [5, 5.41) is 9.58. The molecule has 1 nitrogen and oxygen atoms in total. The molecule has 124 valence electrons. The van der Waals surface area contributed by atoms with Crippen LogP contribution in [0.2, 0.25) is 0 Å². The van der Waals surface area contributed by atoms with Gasteiger partial charge in [-0.25, -0.2) is 0 Å². The summed E-state index contributed by atoms with van der Waals surface area (Å²) in [7, 11) is 0. The number of hydrogen-bond donors (Lipinski definition) is 0. The van der Waals surface area contributed by atoms with Gasteiger partial charge in [0.15, 0.2) is 0 Å². The van der Waals surface area contributed by atoms with Gasteiger partial charge in [-0.1, -0.05) is 58.1 Å². The zero-order valence-corrected chi connectivity index (χ0v) is 14.8. The lowest BCUT2D eigenvalue weighted by Crippen LogP contribution is -2.30. The normalized spacial score (nSPS) is 36.3. The molecule has 0 heterocycles. The molecule has 2 aliphatic carbocycles. The van der Waals surface area contributed by atoms with Gasteiger partial charge in [0.2, 0.25) is 0 Å². The van der Waals surface area contributed by atoms with Gasteiger partial charge >= 0.3 is 0 Å². The molecule has 0 bridgehead atoms. The average Bonchev–Trinajstić information content (AvgIpc) is 2.59. The fraction of sp³-hybridized carbons (Fsp3) is 0.857. The minimum Gasteiger partial charge on any atom is -0.197 e. The highest BCUT2D eigenvalue weighted by Crippen LogP contribution is 2.46. The molecular formula is C21H35N. The molecule has 1 heteroatoms. The first-order valence-electron chi connectivity index (χ1n) is 9.82. The van der Waals surface area contributed by atoms with E-state index in [1.165, 1.54) is 57.8 Å². The molecule has 0 atom stereocenters. The summed E-state index contributed by atoms with van der Waals surface area (Å²) in [4.78, 5) is 0. The van der Waals surface area contributed by atoms with Crippen LogP contribution in [0.1, 0.15) is 90.9 Å². The Bertz CT molecular complexity index is 373. The standard InChI is InChI=1S/C21H35N/c1-3-5-7-18-8-10-19(11-9-18)20-12-15-21(17-22,16-13-20)14-6-4-2/h6,14,18-20H,3-5,7-13,15-16H2,1-2H3. The smallest absolute Gasteiger partial charge is 0.0753 e. The van der Waals surface area contributed by atoms with Crippen molar-refractivity contribution in [2.75, 3.05) is 0 Å². The average molecular weight is 302 g/mol. The maximum absolute atomic E-state index is 9.58. The monoisotopic (exact) mass is 301 g/mol. The molecule has 0 N–H and O–H groups in total. The zero-order chi connectivity index (χ0) is 15.8. The van der Waals surface area contributed by atoms with E-state index >= 15 is 0 Å². The van der Waals surface area contributed by atoms with Gasteiger partial charge in [-0.05, 0) is 62.7 Å². The Kier molecular flexibility index (Phi) is 7.00. The molecule has 0 aromatic heterocycles. The summed E-state index contributed by atoms with van der Waals surface area (Å²) in [5.74, 6) is 2.89. The Morgan fingerprint density at radius 1 is 1.00 bits per heavy atom. The fourth-order valence-electron chi connectivity index (χ4n) is 4.73. The summed E-state index contributed by atoms with van der Waals surface area (Å²) in [6, 6.07) is 2.62. The van der Waals surface area contributed by atoms with E-state index in [1.54, 1.807) is 0 Å². The van der Waals surface area contributed by atoms with Crippen LogP contribution in [0.4, 0.5) is 0 Å². The van der Waals surface area contributed by atoms with Crippen molar-refractivity contribution in [3.05, 3.63) is 12.2 Å². The molecule has 22 heavy (non-hydrogen) atoms. The molecule has 2 saturated carbocycles. The first-order valence-corrected chi connectivity index (χ1v) is 9.82.